The minimum absolute atomic E-state index is 0.0492. The number of hydrogen-bond acceptors (Lipinski definition) is 18. The molecule has 25 unspecified atom stereocenters. The lowest BCUT2D eigenvalue weighted by Crippen LogP contribution is -2.69. The highest BCUT2D eigenvalue weighted by Crippen LogP contribution is 2.79. The van der Waals surface area contributed by atoms with Crippen LogP contribution in [-0.2, 0) is 33.2 Å². The summed E-state index contributed by atoms with van der Waals surface area (Å²) in [6.45, 7) is 16.2. The molecule has 18 nitrogen and oxygen atoms in total. The van der Waals surface area contributed by atoms with Crippen molar-refractivity contribution in [2.75, 3.05) is 19.8 Å². The summed E-state index contributed by atoms with van der Waals surface area (Å²) in [4.78, 5) is 14.5. The van der Waals surface area contributed by atoms with Crippen LogP contribution in [0.15, 0.2) is 11.6 Å². The van der Waals surface area contributed by atoms with Crippen molar-refractivity contribution in [1.29, 1.82) is 0 Å². The van der Waals surface area contributed by atoms with Gasteiger partial charge in [-0.15, -0.1) is 0 Å². The van der Waals surface area contributed by atoms with Gasteiger partial charge in [0.1, 0.15) is 67.1 Å². The van der Waals surface area contributed by atoms with E-state index in [1.165, 1.54) is 12.5 Å². The van der Waals surface area contributed by atoms with Crippen molar-refractivity contribution in [3.05, 3.63) is 11.6 Å². The predicted octanol–water partition coefficient (Wildman–Crippen LogP) is 0.387. The highest BCUT2D eigenvalue weighted by atomic mass is 16.8. The second kappa shape index (κ2) is 18.3. The van der Waals surface area contributed by atoms with Gasteiger partial charge >= 0.3 is 5.97 Å². The topological polar surface area (TPSA) is 295 Å². The van der Waals surface area contributed by atoms with E-state index in [1.54, 1.807) is 0 Å². The van der Waals surface area contributed by atoms with Gasteiger partial charge in [-0.25, -0.2) is 0 Å². The Bertz CT molecular complexity index is 1830. The van der Waals surface area contributed by atoms with Crippen LogP contribution in [0.3, 0.4) is 0 Å². The minimum Gasteiger partial charge on any atom is -0.432 e. The first-order valence-corrected chi connectivity index (χ1v) is 24.7. The number of rotatable bonds is 9. The molecule has 7 fully saturated rings. The molecule has 11 N–H and O–H groups in total. The van der Waals surface area contributed by atoms with Gasteiger partial charge in [0.25, 0.3) is 0 Å². The zero-order valence-electron chi connectivity index (χ0n) is 40.4. The third kappa shape index (κ3) is 8.02. The third-order valence-electron chi connectivity index (χ3n) is 20.1. The lowest BCUT2D eigenvalue weighted by molar-refractivity contribution is -0.361. The SMILES string of the molecule is CC1OC(OC2C(CO)OC(OCC3OC(OC(=O)C4CC(C)(C)CC5C6=CCC7(C)C8(C)CCC(O)C(C)(CO)C8CCC7(C)C6(C)CCC45)C(O)C(O)C3O)C(O)C2O)C(O)C(O)C1O. The summed E-state index contributed by atoms with van der Waals surface area (Å²) in [6, 6.07) is 0. The van der Waals surface area contributed by atoms with Crippen molar-refractivity contribution in [1.82, 2.24) is 0 Å². The summed E-state index contributed by atoms with van der Waals surface area (Å²) in [5.74, 6) is -0.960. The molecule has 3 heterocycles. The average molecular weight is 957 g/mol. The van der Waals surface area contributed by atoms with E-state index in [2.05, 4.69) is 54.5 Å². The second-order valence-corrected chi connectivity index (χ2v) is 23.8. The Kier molecular flexibility index (Phi) is 14.1. The van der Waals surface area contributed by atoms with Gasteiger partial charge in [-0.2, -0.15) is 0 Å². The molecule has 384 valence electrons. The third-order valence-corrected chi connectivity index (χ3v) is 20.1. The molecule has 5 aliphatic carbocycles. The van der Waals surface area contributed by atoms with Crippen LogP contribution in [0.2, 0.25) is 0 Å². The van der Waals surface area contributed by atoms with Gasteiger partial charge < -0.3 is 84.6 Å². The molecule has 18 heteroatoms. The van der Waals surface area contributed by atoms with E-state index < -0.39 is 129 Å². The number of carbonyl (C=O) groups is 1. The lowest BCUT2D eigenvalue weighted by atomic mass is 9.29. The zero-order valence-corrected chi connectivity index (χ0v) is 40.4. The Labute approximate surface area is 393 Å². The van der Waals surface area contributed by atoms with Crippen molar-refractivity contribution in [3.8, 4) is 0 Å². The van der Waals surface area contributed by atoms with Crippen LogP contribution >= 0.6 is 0 Å². The van der Waals surface area contributed by atoms with Crippen LogP contribution in [0.5, 0.6) is 0 Å². The Morgan fingerprint density at radius 2 is 1.33 bits per heavy atom. The number of aliphatic hydroxyl groups excluding tert-OH is 11. The van der Waals surface area contributed by atoms with Gasteiger partial charge in [0.2, 0.25) is 6.29 Å². The quantitative estimate of drug-likeness (QED) is 0.110. The van der Waals surface area contributed by atoms with Crippen LogP contribution in [0.4, 0.5) is 0 Å². The molecule has 67 heavy (non-hydrogen) atoms. The number of aliphatic hydroxyl groups is 11. The fraction of sp³-hybridized carbons (Fsp3) is 0.939. The Morgan fingerprint density at radius 3 is 2.00 bits per heavy atom. The smallest absolute Gasteiger partial charge is 0.311 e. The maximum Gasteiger partial charge on any atom is 0.311 e. The number of hydrogen-bond donors (Lipinski definition) is 11. The van der Waals surface area contributed by atoms with Crippen molar-refractivity contribution in [2.45, 2.75) is 211 Å². The summed E-state index contributed by atoms with van der Waals surface area (Å²) in [5, 5.41) is 118. The van der Waals surface area contributed by atoms with E-state index in [0.29, 0.717) is 12.8 Å². The van der Waals surface area contributed by atoms with Crippen LogP contribution in [0, 0.1) is 56.2 Å². The lowest BCUT2D eigenvalue weighted by Gasteiger charge is -2.75. The summed E-state index contributed by atoms with van der Waals surface area (Å²) in [7, 11) is 0. The molecule has 0 radical (unpaired) electrons. The molecule has 0 aromatic carbocycles. The summed E-state index contributed by atoms with van der Waals surface area (Å²) < 4.78 is 34.5. The maximum absolute atomic E-state index is 14.5. The van der Waals surface area contributed by atoms with Crippen LogP contribution in [0.1, 0.15) is 113 Å². The summed E-state index contributed by atoms with van der Waals surface area (Å²) >= 11 is 0. The van der Waals surface area contributed by atoms with Crippen LogP contribution in [-0.4, -0.2) is 180 Å². The number of carbonyl (C=O) groups excluding carboxylic acids is 1. The van der Waals surface area contributed by atoms with Crippen molar-refractivity contribution < 1.29 is 89.4 Å². The molecule has 25 atom stereocenters. The van der Waals surface area contributed by atoms with Gasteiger partial charge in [0.05, 0.1) is 37.9 Å². The molecular weight excluding hydrogens is 877 g/mol. The van der Waals surface area contributed by atoms with E-state index >= 15 is 0 Å². The molecule has 8 aliphatic rings. The number of esters is 1. The molecule has 0 spiro atoms. The van der Waals surface area contributed by atoms with Crippen LogP contribution < -0.4 is 0 Å². The van der Waals surface area contributed by atoms with Crippen molar-refractivity contribution in [2.24, 2.45) is 56.2 Å². The van der Waals surface area contributed by atoms with Crippen molar-refractivity contribution >= 4 is 5.97 Å². The highest BCUT2D eigenvalue weighted by Gasteiger charge is 2.73. The first-order chi connectivity index (χ1) is 31.2. The van der Waals surface area contributed by atoms with Gasteiger partial charge in [-0.1, -0.05) is 60.1 Å². The van der Waals surface area contributed by atoms with E-state index in [9.17, 15) is 61.0 Å². The maximum atomic E-state index is 14.5. The standard InChI is InChI=1S/C49H80O18/c1-22-31(53)33(55)36(58)42(63-22)66-39-27(19-50)64-41(38(60)35(39)57)62-20-28-32(54)34(56)37(59)43(65-28)67-40(61)25-18-44(2,3)17-24-23(25)9-13-46(5)26(24)10-15-49(8)47(6)14-12-30(52)45(4,21-51)29(47)11-16-48(46,49)7/h10,22-25,27-39,41-43,50-60H,9,11-21H2,1-8H3. The molecule has 3 aliphatic heterocycles. The fourth-order valence-corrected chi connectivity index (χ4v) is 15.4. The molecule has 0 aromatic rings. The molecule has 8 rings (SSSR count). The normalized spacial score (nSPS) is 55.2. The Hall–Kier alpha value is -1.43. The van der Waals surface area contributed by atoms with Crippen LogP contribution in [0.25, 0.3) is 0 Å². The molecule has 0 bridgehead atoms. The molecular formula is C49H80O18. The largest absolute Gasteiger partial charge is 0.432 e. The Morgan fingerprint density at radius 1 is 0.687 bits per heavy atom. The molecule has 0 aromatic heterocycles. The van der Waals surface area contributed by atoms with E-state index in [0.717, 1.165) is 44.9 Å². The first-order valence-electron chi connectivity index (χ1n) is 24.7. The van der Waals surface area contributed by atoms with Gasteiger partial charge in [0, 0.05) is 5.41 Å². The fourth-order valence-electron chi connectivity index (χ4n) is 15.4. The monoisotopic (exact) mass is 957 g/mol. The molecule has 4 saturated carbocycles. The van der Waals surface area contributed by atoms with Gasteiger partial charge in [-0.3, -0.25) is 4.79 Å². The van der Waals surface area contributed by atoms with E-state index in [-0.39, 0.29) is 51.4 Å². The number of ether oxygens (including phenoxy) is 6. The van der Waals surface area contributed by atoms with E-state index in [4.69, 9.17) is 28.4 Å². The number of allylic oxidation sites excluding steroid dienone is 2. The zero-order chi connectivity index (χ0) is 49.1. The first kappa shape index (κ1) is 51.9. The number of fused-ring (bicyclic) bond motifs is 7. The summed E-state index contributed by atoms with van der Waals surface area (Å²) in [5.41, 5.74) is 0.0596. The van der Waals surface area contributed by atoms with Crippen molar-refractivity contribution in [3.63, 3.8) is 0 Å². The second-order valence-electron chi connectivity index (χ2n) is 23.8. The predicted molar refractivity (Wildman–Crippen MR) is 235 cm³/mol. The van der Waals surface area contributed by atoms with Gasteiger partial charge in [0.15, 0.2) is 12.6 Å². The molecule has 0 amide bonds. The summed E-state index contributed by atoms with van der Waals surface area (Å²) in [6.07, 6.45) is -14.8. The minimum atomic E-state index is -1.84. The van der Waals surface area contributed by atoms with E-state index in [1.807, 2.05) is 0 Å². The average Bonchev–Trinajstić information content (AvgIpc) is 3.28. The highest BCUT2D eigenvalue weighted by molar-refractivity contribution is 5.73. The molecule has 3 saturated heterocycles. The van der Waals surface area contributed by atoms with Gasteiger partial charge in [-0.05, 0) is 110 Å². The Balaban J connectivity index is 0.952.